The summed E-state index contributed by atoms with van der Waals surface area (Å²) in [6.45, 7) is 2.37. The molecule has 0 aliphatic rings. The summed E-state index contributed by atoms with van der Waals surface area (Å²) in [7, 11) is 0. The predicted molar refractivity (Wildman–Crippen MR) is 59.9 cm³/mol. The zero-order chi connectivity index (χ0) is 12.8. The highest BCUT2D eigenvalue weighted by Crippen LogP contribution is 2.19. The van der Waals surface area contributed by atoms with Crippen LogP contribution >= 0.6 is 0 Å². The highest BCUT2D eigenvalue weighted by molar-refractivity contribution is 5.93. The van der Waals surface area contributed by atoms with Gasteiger partial charge in [0.2, 0.25) is 5.96 Å². The molecule has 0 saturated heterocycles. The molecule has 0 spiro atoms. The van der Waals surface area contributed by atoms with Crippen LogP contribution in [0, 0.1) is 17.5 Å². The van der Waals surface area contributed by atoms with Crippen LogP contribution in [0.4, 0.5) is 18.9 Å². The van der Waals surface area contributed by atoms with Crippen molar-refractivity contribution in [1.29, 1.82) is 0 Å². The molecular weight excluding hydrogens is 233 g/mol. The van der Waals surface area contributed by atoms with Gasteiger partial charge in [-0.2, -0.15) is 0 Å². The zero-order valence-electron chi connectivity index (χ0n) is 9.23. The van der Waals surface area contributed by atoms with E-state index in [-0.39, 0.29) is 11.6 Å². The standard InChI is InChI=1S/C10H13F3N4/c1-2-5-15-10(17-14)16-7-4-3-6(11)8(12)9(7)13/h3-4H,2,5,14H2,1H3,(H2,15,16,17). The van der Waals surface area contributed by atoms with E-state index in [1.807, 2.05) is 6.92 Å². The largest absolute Gasteiger partial charge is 0.323 e. The molecule has 0 radical (unpaired) electrons. The van der Waals surface area contributed by atoms with Gasteiger partial charge in [-0.25, -0.2) is 19.0 Å². The van der Waals surface area contributed by atoms with Crippen molar-refractivity contribution in [2.75, 3.05) is 11.9 Å². The van der Waals surface area contributed by atoms with Crippen LogP contribution in [-0.2, 0) is 0 Å². The minimum absolute atomic E-state index is 0.0803. The summed E-state index contributed by atoms with van der Waals surface area (Å²) in [5.74, 6) is 1.12. The maximum Gasteiger partial charge on any atom is 0.210 e. The lowest BCUT2D eigenvalue weighted by atomic mass is 10.3. The van der Waals surface area contributed by atoms with Crippen LogP contribution in [0.2, 0.25) is 0 Å². The minimum atomic E-state index is -1.54. The van der Waals surface area contributed by atoms with Crippen molar-refractivity contribution in [3.8, 4) is 0 Å². The summed E-state index contributed by atoms with van der Waals surface area (Å²) in [6, 6.07) is 1.88. The summed E-state index contributed by atoms with van der Waals surface area (Å²) in [4.78, 5) is 3.94. The molecule has 17 heavy (non-hydrogen) atoms. The van der Waals surface area contributed by atoms with Crippen molar-refractivity contribution in [2.24, 2.45) is 10.8 Å². The van der Waals surface area contributed by atoms with Gasteiger partial charge in [0, 0.05) is 6.54 Å². The SMILES string of the molecule is CCCN=C(NN)Nc1ccc(F)c(F)c1F. The lowest BCUT2D eigenvalue weighted by molar-refractivity contribution is 0.449. The molecule has 0 aliphatic carbocycles. The van der Waals surface area contributed by atoms with Crippen LogP contribution in [0.25, 0.3) is 0 Å². The summed E-state index contributed by atoms with van der Waals surface area (Å²) < 4.78 is 38.9. The first kappa shape index (κ1) is 13.3. The molecule has 0 aliphatic heterocycles. The molecule has 0 bridgehead atoms. The van der Waals surface area contributed by atoms with Gasteiger partial charge in [-0.15, -0.1) is 0 Å². The quantitative estimate of drug-likeness (QED) is 0.250. The van der Waals surface area contributed by atoms with Crippen LogP contribution in [0.5, 0.6) is 0 Å². The topological polar surface area (TPSA) is 62.4 Å². The van der Waals surface area contributed by atoms with Crippen LogP contribution in [0.3, 0.4) is 0 Å². The maximum absolute atomic E-state index is 13.3. The molecule has 0 saturated carbocycles. The van der Waals surface area contributed by atoms with E-state index < -0.39 is 17.5 Å². The normalized spacial score (nSPS) is 11.5. The maximum atomic E-state index is 13.3. The number of nitrogens with zero attached hydrogens (tertiary/aromatic N) is 1. The molecule has 7 heteroatoms. The average molecular weight is 246 g/mol. The summed E-state index contributed by atoms with van der Waals surface area (Å²) in [5, 5.41) is 2.43. The Morgan fingerprint density at radius 1 is 1.29 bits per heavy atom. The second-order valence-electron chi connectivity index (χ2n) is 3.22. The first-order valence-electron chi connectivity index (χ1n) is 5.01. The third-order valence-corrected chi connectivity index (χ3v) is 1.92. The van der Waals surface area contributed by atoms with Gasteiger partial charge in [-0.05, 0) is 18.6 Å². The van der Waals surface area contributed by atoms with Crippen molar-refractivity contribution >= 4 is 11.6 Å². The number of hydrogen-bond acceptors (Lipinski definition) is 2. The van der Waals surface area contributed by atoms with Crippen LogP contribution in [-0.4, -0.2) is 12.5 Å². The third-order valence-electron chi connectivity index (χ3n) is 1.92. The Labute approximate surface area is 96.7 Å². The Kier molecular flexibility index (Phi) is 4.77. The van der Waals surface area contributed by atoms with E-state index in [1.165, 1.54) is 0 Å². The van der Waals surface area contributed by atoms with Gasteiger partial charge in [0.05, 0.1) is 5.69 Å². The summed E-state index contributed by atoms with van der Waals surface area (Å²) >= 11 is 0. The predicted octanol–water partition coefficient (Wildman–Crippen LogP) is 1.75. The number of nitrogens with one attached hydrogen (secondary N) is 2. The Balaban J connectivity index is 2.91. The molecule has 1 rings (SSSR count). The monoisotopic (exact) mass is 246 g/mol. The zero-order valence-corrected chi connectivity index (χ0v) is 9.23. The number of rotatable bonds is 3. The number of anilines is 1. The number of guanidine groups is 1. The van der Waals surface area contributed by atoms with E-state index in [2.05, 4.69) is 15.7 Å². The van der Waals surface area contributed by atoms with Gasteiger partial charge in [-0.3, -0.25) is 10.4 Å². The molecule has 1 aromatic rings. The molecule has 4 nitrogen and oxygen atoms in total. The van der Waals surface area contributed by atoms with E-state index in [1.54, 1.807) is 0 Å². The molecule has 0 amide bonds. The number of hydrogen-bond donors (Lipinski definition) is 3. The molecule has 4 N–H and O–H groups in total. The van der Waals surface area contributed by atoms with Gasteiger partial charge >= 0.3 is 0 Å². The number of hydrazine groups is 1. The number of halogens is 3. The number of nitrogens with two attached hydrogens (primary N) is 1. The molecule has 1 aromatic carbocycles. The molecule has 0 heterocycles. The summed E-state index contributed by atoms with van der Waals surface area (Å²) in [5.41, 5.74) is 1.96. The molecule has 94 valence electrons. The Morgan fingerprint density at radius 2 is 2.00 bits per heavy atom. The van der Waals surface area contributed by atoms with E-state index >= 15 is 0 Å². The summed E-state index contributed by atoms with van der Waals surface area (Å²) in [6.07, 6.45) is 0.771. The van der Waals surface area contributed by atoms with E-state index in [0.717, 1.165) is 18.6 Å². The van der Waals surface area contributed by atoms with E-state index in [9.17, 15) is 13.2 Å². The van der Waals surface area contributed by atoms with Crippen LogP contribution < -0.4 is 16.6 Å². The second-order valence-corrected chi connectivity index (χ2v) is 3.22. The van der Waals surface area contributed by atoms with E-state index in [0.29, 0.717) is 6.54 Å². The van der Waals surface area contributed by atoms with Crippen molar-refractivity contribution < 1.29 is 13.2 Å². The van der Waals surface area contributed by atoms with Gasteiger partial charge in [0.1, 0.15) is 0 Å². The average Bonchev–Trinajstić information content (AvgIpc) is 2.34. The first-order valence-corrected chi connectivity index (χ1v) is 5.01. The molecule has 0 unspecified atom stereocenters. The Morgan fingerprint density at radius 3 is 2.59 bits per heavy atom. The number of aliphatic imine (C=N–C) groups is 1. The van der Waals surface area contributed by atoms with E-state index in [4.69, 9.17) is 5.84 Å². The highest BCUT2D eigenvalue weighted by Gasteiger charge is 2.13. The Bertz CT molecular complexity index is 420. The van der Waals surface area contributed by atoms with Gasteiger partial charge < -0.3 is 5.32 Å². The number of benzene rings is 1. The fourth-order valence-electron chi connectivity index (χ4n) is 1.09. The van der Waals surface area contributed by atoms with Gasteiger partial charge in [-0.1, -0.05) is 6.92 Å². The fourth-order valence-corrected chi connectivity index (χ4v) is 1.09. The molecule has 0 atom stereocenters. The lowest BCUT2D eigenvalue weighted by Crippen LogP contribution is -2.36. The smallest absolute Gasteiger partial charge is 0.210 e. The van der Waals surface area contributed by atoms with Crippen molar-refractivity contribution in [3.63, 3.8) is 0 Å². The van der Waals surface area contributed by atoms with Crippen molar-refractivity contribution in [2.45, 2.75) is 13.3 Å². The molecule has 0 aromatic heterocycles. The lowest BCUT2D eigenvalue weighted by Gasteiger charge is -2.10. The third kappa shape index (κ3) is 3.35. The van der Waals surface area contributed by atoms with Crippen molar-refractivity contribution in [3.05, 3.63) is 29.6 Å². The van der Waals surface area contributed by atoms with Gasteiger partial charge in [0.15, 0.2) is 17.5 Å². The fraction of sp³-hybridized carbons (Fsp3) is 0.300. The van der Waals surface area contributed by atoms with Gasteiger partial charge in [0.25, 0.3) is 0 Å². The second kappa shape index (κ2) is 6.09. The highest BCUT2D eigenvalue weighted by atomic mass is 19.2. The first-order chi connectivity index (χ1) is 8.10. The minimum Gasteiger partial charge on any atom is -0.323 e. The van der Waals surface area contributed by atoms with Crippen molar-refractivity contribution in [1.82, 2.24) is 5.43 Å². The molecular formula is C10H13F3N4. The van der Waals surface area contributed by atoms with Crippen LogP contribution in [0.15, 0.2) is 17.1 Å². The molecule has 0 fully saturated rings. The van der Waals surface area contributed by atoms with Crippen LogP contribution in [0.1, 0.15) is 13.3 Å². The Hall–Kier alpha value is -1.76.